The van der Waals surface area contributed by atoms with Gasteiger partial charge in [-0.25, -0.2) is 0 Å². The molecule has 0 aromatic carbocycles. The number of rotatable bonds is 5. The molecule has 0 spiro atoms. The molecule has 7 nitrogen and oxygen atoms in total. The summed E-state index contributed by atoms with van der Waals surface area (Å²) in [5.74, 6) is -3.93. The highest BCUT2D eigenvalue weighted by Gasteiger charge is 2.46. The second kappa shape index (κ2) is 4.08. The minimum Gasteiger partial charge on any atom is -0.550 e. The van der Waals surface area contributed by atoms with Crippen LogP contribution >= 0.6 is 7.60 Å². The number of carboxylic acids is 2. The Morgan fingerprint density at radius 1 is 1.36 bits per heavy atom. The van der Waals surface area contributed by atoms with Gasteiger partial charge in [0.05, 0.1) is 5.97 Å². The molecule has 1 unspecified atom stereocenters. The first-order chi connectivity index (χ1) is 6.17. The topological polar surface area (TPSA) is 138 Å². The minimum atomic E-state index is -5.10. The van der Waals surface area contributed by atoms with Crippen LogP contribution in [0.1, 0.15) is 19.8 Å². The fraction of sp³-hybridized carbons (Fsp3) is 0.667. The third-order valence-electron chi connectivity index (χ3n) is 1.96. The van der Waals surface area contributed by atoms with Gasteiger partial charge in [-0.3, -0.25) is 4.57 Å². The summed E-state index contributed by atoms with van der Waals surface area (Å²) in [7, 11) is -5.10. The molecule has 1 atom stereocenters. The van der Waals surface area contributed by atoms with Crippen molar-refractivity contribution in [1.82, 2.24) is 0 Å². The van der Waals surface area contributed by atoms with E-state index in [4.69, 9.17) is 9.79 Å². The van der Waals surface area contributed by atoms with E-state index in [0.717, 1.165) is 6.92 Å². The Labute approximate surface area is 79.5 Å². The molecule has 8 heteroatoms. The molecule has 0 bridgehead atoms. The Balaban J connectivity index is 5.32. The number of hydrogen-bond acceptors (Lipinski definition) is 5. The highest BCUT2D eigenvalue weighted by molar-refractivity contribution is 7.54. The zero-order valence-electron chi connectivity index (χ0n) is 7.30. The van der Waals surface area contributed by atoms with Crippen molar-refractivity contribution in [3.63, 3.8) is 0 Å². The number of hydrogen-bond donors (Lipinski definition) is 2. The van der Waals surface area contributed by atoms with E-state index in [1.165, 1.54) is 0 Å². The molecule has 0 aliphatic heterocycles. The van der Waals surface area contributed by atoms with E-state index >= 15 is 0 Å². The van der Waals surface area contributed by atoms with Gasteiger partial charge in [0.2, 0.25) is 0 Å². The van der Waals surface area contributed by atoms with Crippen molar-refractivity contribution in [2.24, 2.45) is 0 Å². The van der Waals surface area contributed by atoms with E-state index < -0.39 is 37.5 Å². The molecule has 0 radical (unpaired) electrons. The normalized spacial score (nSPS) is 15.9. The molecule has 0 aromatic heterocycles. The maximum atomic E-state index is 10.8. The molecular weight excluding hydrogens is 215 g/mol. The van der Waals surface area contributed by atoms with Crippen LogP contribution in [0, 0.1) is 0 Å². The van der Waals surface area contributed by atoms with Gasteiger partial charge in [-0.15, -0.1) is 0 Å². The van der Waals surface area contributed by atoms with Crippen LogP contribution in [0.25, 0.3) is 0 Å². The van der Waals surface area contributed by atoms with Gasteiger partial charge < -0.3 is 29.6 Å². The largest absolute Gasteiger partial charge is 0.550 e. The molecule has 82 valence electrons. The minimum absolute atomic E-state index is 0.548. The second-order valence-corrected chi connectivity index (χ2v) is 4.71. The molecule has 0 aliphatic carbocycles. The fourth-order valence-corrected chi connectivity index (χ4v) is 1.99. The average Bonchev–Trinajstić information content (AvgIpc) is 1.96. The van der Waals surface area contributed by atoms with Crippen molar-refractivity contribution < 1.29 is 34.2 Å². The lowest BCUT2D eigenvalue weighted by atomic mass is 10.0. The Kier molecular flexibility index (Phi) is 3.81. The van der Waals surface area contributed by atoms with Crippen molar-refractivity contribution in [3.8, 4) is 0 Å². The van der Waals surface area contributed by atoms with Crippen molar-refractivity contribution in [2.45, 2.75) is 24.9 Å². The van der Waals surface area contributed by atoms with Crippen LogP contribution in [0.5, 0.6) is 0 Å². The fourth-order valence-electron chi connectivity index (χ4n) is 1.01. The van der Waals surface area contributed by atoms with Gasteiger partial charge in [0, 0.05) is 12.4 Å². The predicted octanol–water partition coefficient (Wildman–Crippen LogP) is -2.80. The van der Waals surface area contributed by atoms with Crippen molar-refractivity contribution in [1.29, 1.82) is 0 Å². The highest BCUT2D eigenvalue weighted by Crippen LogP contribution is 2.54. The Bertz CT molecular complexity index is 293. The summed E-state index contributed by atoms with van der Waals surface area (Å²) >= 11 is 0. The Hall–Kier alpha value is -0.910. The van der Waals surface area contributed by atoms with Gasteiger partial charge in [0.15, 0.2) is 0 Å². The smallest absolute Gasteiger partial charge is 0.337 e. The van der Waals surface area contributed by atoms with Crippen LogP contribution in [0.3, 0.4) is 0 Å². The summed E-state index contributed by atoms with van der Waals surface area (Å²) in [6.07, 6.45) is -1.82. The third kappa shape index (κ3) is 2.31. The summed E-state index contributed by atoms with van der Waals surface area (Å²) in [6, 6.07) is 0. The van der Waals surface area contributed by atoms with Crippen LogP contribution in [-0.2, 0) is 14.2 Å². The molecule has 2 N–H and O–H groups in total. The summed E-state index contributed by atoms with van der Waals surface area (Å²) in [6.45, 7) is 1.15. The Morgan fingerprint density at radius 2 is 1.79 bits per heavy atom. The SMILES string of the molecule is CCC(CC(=O)[O-])(C(=O)[O-])P(=O)(O)O. The van der Waals surface area contributed by atoms with Crippen LogP contribution in [0.2, 0.25) is 0 Å². The first-order valence-corrected chi connectivity index (χ1v) is 5.25. The second-order valence-electron chi connectivity index (χ2n) is 2.77. The molecule has 0 heterocycles. The summed E-state index contributed by atoms with van der Waals surface area (Å²) < 4.78 is 10.8. The zero-order chi connectivity index (χ0) is 11.6. The molecule has 0 amide bonds. The molecule has 0 aliphatic rings. The molecule has 0 saturated carbocycles. The lowest BCUT2D eigenvalue weighted by Gasteiger charge is -2.34. The van der Waals surface area contributed by atoms with E-state index in [9.17, 15) is 24.4 Å². The zero-order valence-corrected chi connectivity index (χ0v) is 8.19. The number of carbonyl (C=O) groups is 2. The average molecular weight is 224 g/mol. The van der Waals surface area contributed by atoms with Gasteiger partial charge in [0.1, 0.15) is 5.16 Å². The first kappa shape index (κ1) is 13.1. The molecule has 14 heavy (non-hydrogen) atoms. The molecule has 0 aromatic rings. The summed E-state index contributed by atoms with van der Waals surface area (Å²) in [5, 5.41) is 18.0. The number of carbonyl (C=O) groups excluding carboxylic acids is 2. The molecule has 0 saturated heterocycles. The van der Waals surface area contributed by atoms with E-state index in [1.807, 2.05) is 0 Å². The van der Waals surface area contributed by atoms with Gasteiger partial charge in [-0.05, 0) is 6.42 Å². The van der Waals surface area contributed by atoms with Gasteiger partial charge in [0.25, 0.3) is 0 Å². The number of aliphatic carboxylic acids is 2. The van der Waals surface area contributed by atoms with Crippen molar-refractivity contribution in [2.75, 3.05) is 0 Å². The Morgan fingerprint density at radius 3 is 1.86 bits per heavy atom. The van der Waals surface area contributed by atoms with E-state index in [-0.39, 0.29) is 0 Å². The van der Waals surface area contributed by atoms with Gasteiger partial charge >= 0.3 is 7.60 Å². The van der Waals surface area contributed by atoms with E-state index in [0.29, 0.717) is 0 Å². The van der Waals surface area contributed by atoms with Crippen LogP contribution in [0.15, 0.2) is 0 Å². The van der Waals surface area contributed by atoms with Crippen molar-refractivity contribution >= 4 is 19.5 Å². The van der Waals surface area contributed by atoms with Crippen LogP contribution in [0.4, 0.5) is 0 Å². The van der Waals surface area contributed by atoms with Crippen LogP contribution in [-0.4, -0.2) is 26.9 Å². The lowest BCUT2D eigenvalue weighted by molar-refractivity contribution is -0.319. The monoisotopic (exact) mass is 224 g/mol. The quantitative estimate of drug-likeness (QED) is 0.481. The molecule has 0 fully saturated rings. The highest BCUT2D eigenvalue weighted by atomic mass is 31.2. The standard InChI is InChI=1S/C6H11O7P/c1-2-6(5(9)10,3-4(7)8)14(11,12)13/h2-3H2,1H3,(H,7,8)(H,9,10)(H2,11,12,13)/p-2. The predicted molar refractivity (Wildman–Crippen MR) is 39.7 cm³/mol. The number of carboxylic acid groups (broad SMARTS) is 2. The third-order valence-corrected chi connectivity index (χ3v) is 3.73. The first-order valence-electron chi connectivity index (χ1n) is 3.64. The van der Waals surface area contributed by atoms with Crippen molar-refractivity contribution in [3.05, 3.63) is 0 Å². The maximum Gasteiger partial charge on any atom is 0.337 e. The molecule has 0 rings (SSSR count). The summed E-state index contributed by atoms with van der Waals surface area (Å²) in [4.78, 5) is 38.2. The maximum absolute atomic E-state index is 10.8. The summed E-state index contributed by atoms with van der Waals surface area (Å²) in [5.41, 5.74) is 0. The lowest BCUT2D eigenvalue weighted by Crippen LogP contribution is -2.50. The van der Waals surface area contributed by atoms with E-state index in [1.54, 1.807) is 0 Å². The van der Waals surface area contributed by atoms with Gasteiger partial charge in [-0.1, -0.05) is 6.92 Å². The van der Waals surface area contributed by atoms with E-state index in [2.05, 4.69) is 0 Å². The molecular formula is C6H9O7P-2. The van der Waals surface area contributed by atoms with Crippen LogP contribution < -0.4 is 10.2 Å². The van der Waals surface area contributed by atoms with Gasteiger partial charge in [-0.2, -0.15) is 0 Å².